The predicted octanol–water partition coefficient (Wildman–Crippen LogP) is -1.07. The van der Waals surface area contributed by atoms with Gasteiger partial charge in [0.2, 0.25) is 11.9 Å². The molecule has 2 heterocycles. The minimum absolute atomic E-state index is 0.286. The summed E-state index contributed by atoms with van der Waals surface area (Å²) in [6.07, 6.45) is 0. The van der Waals surface area contributed by atoms with Gasteiger partial charge >= 0.3 is 0 Å². The predicted molar refractivity (Wildman–Crippen MR) is 66.7 cm³/mol. The first-order valence-electron chi connectivity index (χ1n) is 5.76. The SMILES string of the molecule is CN(C)c1nc(N)nc(CN2CCNCC2)n1. The van der Waals surface area contributed by atoms with E-state index in [4.69, 9.17) is 5.73 Å². The summed E-state index contributed by atoms with van der Waals surface area (Å²) in [5, 5.41) is 3.31. The van der Waals surface area contributed by atoms with Crippen molar-refractivity contribution in [3.63, 3.8) is 0 Å². The molecule has 0 aromatic carbocycles. The molecule has 1 aliphatic rings. The van der Waals surface area contributed by atoms with Crippen LogP contribution in [0.15, 0.2) is 0 Å². The average Bonchev–Trinajstić information content (AvgIpc) is 2.29. The fourth-order valence-corrected chi connectivity index (χ4v) is 1.77. The Balaban J connectivity index is 2.09. The summed E-state index contributed by atoms with van der Waals surface area (Å²) in [5.74, 6) is 1.64. The van der Waals surface area contributed by atoms with Crippen molar-refractivity contribution in [3.8, 4) is 0 Å². The van der Waals surface area contributed by atoms with Crippen LogP contribution in [-0.4, -0.2) is 60.1 Å². The largest absolute Gasteiger partial charge is 0.368 e. The van der Waals surface area contributed by atoms with Gasteiger partial charge in [-0.2, -0.15) is 15.0 Å². The van der Waals surface area contributed by atoms with Crippen LogP contribution in [0.4, 0.5) is 11.9 Å². The normalized spacial score (nSPS) is 17.1. The summed E-state index contributed by atoms with van der Waals surface area (Å²) in [6, 6.07) is 0. The molecule has 0 bridgehead atoms. The zero-order valence-corrected chi connectivity index (χ0v) is 10.3. The Kier molecular flexibility index (Phi) is 3.70. The number of rotatable bonds is 3. The average molecular weight is 237 g/mol. The third-order valence-corrected chi connectivity index (χ3v) is 2.66. The highest BCUT2D eigenvalue weighted by atomic mass is 15.3. The Morgan fingerprint density at radius 3 is 2.59 bits per heavy atom. The number of hydrogen-bond acceptors (Lipinski definition) is 7. The van der Waals surface area contributed by atoms with E-state index in [-0.39, 0.29) is 5.95 Å². The van der Waals surface area contributed by atoms with E-state index in [1.54, 1.807) is 0 Å². The number of piperazine rings is 1. The lowest BCUT2D eigenvalue weighted by molar-refractivity contribution is 0.228. The molecule has 3 N–H and O–H groups in total. The first kappa shape index (κ1) is 12.0. The van der Waals surface area contributed by atoms with Gasteiger partial charge in [-0.1, -0.05) is 0 Å². The minimum atomic E-state index is 0.286. The Labute approximate surface area is 101 Å². The minimum Gasteiger partial charge on any atom is -0.368 e. The number of nitrogens with two attached hydrogens (primary N) is 1. The molecule has 1 saturated heterocycles. The molecule has 0 amide bonds. The Morgan fingerprint density at radius 1 is 1.24 bits per heavy atom. The Bertz CT molecular complexity index is 373. The second kappa shape index (κ2) is 5.24. The second-order valence-corrected chi connectivity index (χ2v) is 4.33. The molecule has 0 radical (unpaired) electrons. The molecule has 0 atom stereocenters. The van der Waals surface area contributed by atoms with Crippen LogP contribution in [0.5, 0.6) is 0 Å². The van der Waals surface area contributed by atoms with Crippen LogP contribution in [0.2, 0.25) is 0 Å². The van der Waals surface area contributed by atoms with E-state index in [1.807, 2.05) is 19.0 Å². The molecule has 17 heavy (non-hydrogen) atoms. The maximum atomic E-state index is 5.68. The number of nitrogens with zero attached hydrogens (tertiary/aromatic N) is 5. The van der Waals surface area contributed by atoms with Gasteiger partial charge in [0.1, 0.15) is 5.82 Å². The number of hydrogen-bond donors (Lipinski definition) is 2. The van der Waals surface area contributed by atoms with E-state index in [0.717, 1.165) is 38.5 Å². The van der Waals surface area contributed by atoms with E-state index in [2.05, 4.69) is 25.2 Å². The first-order chi connectivity index (χ1) is 8.15. The molecule has 94 valence electrons. The highest BCUT2D eigenvalue weighted by Gasteiger charge is 2.13. The summed E-state index contributed by atoms with van der Waals surface area (Å²) >= 11 is 0. The van der Waals surface area contributed by atoms with Crippen molar-refractivity contribution in [3.05, 3.63) is 5.82 Å². The van der Waals surface area contributed by atoms with Crippen LogP contribution in [0.1, 0.15) is 5.82 Å². The van der Waals surface area contributed by atoms with Gasteiger partial charge in [-0.05, 0) is 0 Å². The molecule has 0 unspecified atom stereocenters. The molecule has 1 aliphatic heterocycles. The number of nitrogen functional groups attached to an aromatic ring is 1. The van der Waals surface area contributed by atoms with E-state index in [0.29, 0.717) is 5.95 Å². The van der Waals surface area contributed by atoms with Crippen LogP contribution in [0, 0.1) is 0 Å². The van der Waals surface area contributed by atoms with Crippen molar-refractivity contribution in [2.24, 2.45) is 0 Å². The summed E-state index contributed by atoms with van der Waals surface area (Å²) in [6.45, 7) is 4.79. The van der Waals surface area contributed by atoms with Crippen molar-refractivity contribution in [1.82, 2.24) is 25.2 Å². The summed E-state index contributed by atoms with van der Waals surface area (Å²) in [4.78, 5) is 16.8. The Morgan fingerprint density at radius 2 is 1.94 bits per heavy atom. The van der Waals surface area contributed by atoms with Gasteiger partial charge in [0.05, 0.1) is 6.54 Å². The maximum Gasteiger partial charge on any atom is 0.229 e. The highest BCUT2D eigenvalue weighted by Crippen LogP contribution is 2.08. The smallest absolute Gasteiger partial charge is 0.229 e. The molecule has 7 heteroatoms. The topological polar surface area (TPSA) is 83.2 Å². The van der Waals surface area contributed by atoms with Crippen LogP contribution >= 0.6 is 0 Å². The monoisotopic (exact) mass is 237 g/mol. The second-order valence-electron chi connectivity index (χ2n) is 4.33. The zero-order chi connectivity index (χ0) is 12.3. The molecule has 0 spiro atoms. The number of aromatic nitrogens is 3. The van der Waals surface area contributed by atoms with Gasteiger partial charge in [-0.3, -0.25) is 4.90 Å². The van der Waals surface area contributed by atoms with Crippen LogP contribution < -0.4 is 16.0 Å². The molecule has 0 aliphatic carbocycles. The lowest BCUT2D eigenvalue weighted by atomic mass is 10.3. The molecule has 7 nitrogen and oxygen atoms in total. The summed E-state index contributed by atoms with van der Waals surface area (Å²) < 4.78 is 0. The lowest BCUT2D eigenvalue weighted by Gasteiger charge is -2.26. The molecular weight excluding hydrogens is 218 g/mol. The Hall–Kier alpha value is -1.47. The van der Waals surface area contributed by atoms with E-state index >= 15 is 0 Å². The van der Waals surface area contributed by atoms with Gasteiger partial charge in [-0.25, -0.2) is 0 Å². The summed E-state index contributed by atoms with van der Waals surface area (Å²) in [5.41, 5.74) is 5.68. The van der Waals surface area contributed by atoms with Crippen molar-refractivity contribution < 1.29 is 0 Å². The van der Waals surface area contributed by atoms with Crippen molar-refractivity contribution in [2.45, 2.75) is 6.54 Å². The fraction of sp³-hybridized carbons (Fsp3) is 0.700. The number of anilines is 2. The van der Waals surface area contributed by atoms with Crippen molar-refractivity contribution >= 4 is 11.9 Å². The van der Waals surface area contributed by atoms with Gasteiger partial charge in [0, 0.05) is 40.3 Å². The van der Waals surface area contributed by atoms with Crippen LogP contribution in [-0.2, 0) is 6.54 Å². The molecule has 1 aromatic rings. The number of nitrogens with one attached hydrogen (secondary N) is 1. The highest BCUT2D eigenvalue weighted by molar-refractivity contribution is 5.32. The van der Waals surface area contributed by atoms with E-state index < -0.39 is 0 Å². The quantitative estimate of drug-likeness (QED) is 0.692. The molecule has 1 fully saturated rings. The molecule has 2 rings (SSSR count). The van der Waals surface area contributed by atoms with Gasteiger partial charge in [0.15, 0.2) is 0 Å². The van der Waals surface area contributed by atoms with Crippen LogP contribution in [0.25, 0.3) is 0 Å². The lowest BCUT2D eigenvalue weighted by Crippen LogP contribution is -2.43. The fourth-order valence-electron chi connectivity index (χ4n) is 1.77. The third kappa shape index (κ3) is 3.24. The van der Waals surface area contributed by atoms with Gasteiger partial charge < -0.3 is 16.0 Å². The van der Waals surface area contributed by atoms with Crippen LogP contribution in [0.3, 0.4) is 0 Å². The van der Waals surface area contributed by atoms with Gasteiger partial charge in [-0.15, -0.1) is 0 Å². The standard InChI is InChI=1S/C10H19N7/c1-16(2)10-14-8(13-9(11)15-10)7-17-5-3-12-4-6-17/h12H,3-7H2,1-2H3,(H2,11,13,14,15). The summed E-state index contributed by atoms with van der Waals surface area (Å²) in [7, 11) is 3.78. The van der Waals surface area contributed by atoms with Crippen molar-refractivity contribution in [2.75, 3.05) is 50.9 Å². The van der Waals surface area contributed by atoms with E-state index in [9.17, 15) is 0 Å². The van der Waals surface area contributed by atoms with E-state index in [1.165, 1.54) is 0 Å². The molecule has 1 aromatic heterocycles. The third-order valence-electron chi connectivity index (χ3n) is 2.66. The maximum absolute atomic E-state index is 5.68. The van der Waals surface area contributed by atoms with Crippen molar-refractivity contribution in [1.29, 1.82) is 0 Å². The zero-order valence-electron chi connectivity index (χ0n) is 10.3. The first-order valence-corrected chi connectivity index (χ1v) is 5.76. The van der Waals surface area contributed by atoms with Gasteiger partial charge in [0.25, 0.3) is 0 Å². The molecular formula is C10H19N7. The molecule has 0 saturated carbocycles.